The smallest absolute Gasteiger partial charge is 0.241 e. The lowest BCUT2D eigenvalue weighted by Gasteiger charge is -2.15. The van der Waals surface area contributed by atoms with Gasteiger partial charge in [-0.15, -0.1) is 0 Å². The van der Waals surface area contributed by atoms with Crippen LogP contribution in [0.5, 0.6) is 11.8 Å². The molecule has 25 heavy (non-hydrogen) atoms. The topological polar surface area (TPSA) is 69.4 Å². The lowest BCUT2D eigenvalue weighted by Crippen LogP contribution is -2.06. The van der Waals surface area contributed by atoms with Crippen molar-refractivity contribution in [3.63, 3.8) is 0 Å². The molecule has 0 aliphatic heterocycles. The Bertz CT molecular complexity index is 680. The molecule has 0 saturated carbocycles. The standard InChI is InChI=1S/C19H26BrN3O2/c1-3-5-12-24-17-11-10-16(19(23-17)25-13-6-4-2)22-15-9-7-8-14(20)18(15)21/h7-11,22H,3-6,12-13,21H2,1-2H3. The predicted molar refractivity (Wildman–Crippen MR) is 107 cm³/mol. The van der Waals surface area contributed by atoms with Crippen LogP contribution in [0.4, 0.5) is 17.1 Å². The van der Waals surface area contributed by atoms with Crippen molar-refractivity contribution in [1.29, 1.82) is 0 Å². The first kappa shape index (κ1) is 19.4. The van der Waals surface area contributed by atoms with Crippen LogP contribution in [-0.4, -0.2) is 18.2 Å². The van der Waals surface area contributed by atoms with Crippen molar-refractivity contribution < 1.29 is 9.47 Å². The third-order valence-electron chi connectivity index (χ3n) is 3.64. The van der Waals surface area contributed by atoms with Crippen molar-refractivity contribution in [2.24, 2.45) is 0 Å². The Labute approximate surface area is 158 Å². The molecular weight excluding hydrogens is 382 g/mol. The average molecular weight is 408 g/mol. The van der Waals surface area contributed by atoms with Crippen LogP contribution in [0.1, 0.15) is 39.5 Å². The predicted octanol–water partition coefficient (Wildman–Crippen LogP) is 5.53. The van der Waals surface area contributed by atoms with E-state index in [0.29, 0.717) is 30.7 Å². The van der Waals surface area contributed by atoms with E-state index < -0.39 is 0 Å². The summed E-state index contributed by atoms with van der Waals surface area (Å²) in [6.07, 6.45) is 4.12. The van der Waals surface area contributed by atoms with Gasteiger partial charge in [0.25, 0.3) is 0 Å². The monoisotopic (exact) mass is 407 g/mol. The molecule has 0 spiro atoms. The molecule has 0 fully saturated rings. The Balaban J connectivity index is 2.20. The molecule has 1 heterocycles. The number of para-hydroxylation sites is 1. The number of pyridine rings is 1. The summed E-state index contributed by atoms with van der Waals surface area (Å²) in [5.41, 5.74) is 8.33. The molecule has 0 radical (unpaired) electrons. The maximum absolute atomic E-state index is 6.12. The third-order valence-corrected chi connectivity index (χ3v) is 4.33. The molecule has 2 rings (SSSR count). The minimum atomic E-state index is 0.529. The van der Waals surface area contributed by atoms with Crippen molar-refractivity contribution in [2.75, 3.05) is 24.3 Å². The summed E-state index contributed by atoms with van der Waals surface area (Å²) in [4.78, 5) is 4.51. The zero-order chi connectivity index (χ0) is 18.1. The molecule has 0 unspecified atom stereocenters. The van der Waals surface area contributed by atoms with Gasteiger partial charge in [0.05, 0.1) is 24.6 Å². The van der Waals surface area contributed by atoms with Crippen LogP contribution < -0.4 is 20.5 Å². The number of nitrogens with zero attached hydrogens (tertiary/aromatic N) is 1. The number of ether oxygens (including phenoxy) is 2. The highest BCUT2D eigenvalue weighted by molar-refractivity contribution is 9.10. The number of nitrogens with one attached hydrogen (secondary N) is 1. The first-order valence-corrected chi connectivity index (χ1v) is 9.52. The fraction of sp³-hybridized carbons (Fsp3) is 0.421. The van der Waals surface area contributed by atoms with Gasteiger partial charge in [0.2, 0.25) is 11.8 Å². The Morgan fingerprint density at radius 1 is 1.00 bits per heavy atom. The van der Waals surface area contributed by atoms with Crippen molar-refractivity contribution in [2.45, 2.75) is 39.5 Å². The molecule has 2 aromatic rings. The summed E-state index contributed by atoms with van der Waals surface area (Å²) < 4.78 is 12.4. The quantitative estimate of drug-likeness (QED) is 0.400. The molecule has 0 amide bonds. The third kappa shape index (κ3) is 5.81. The highest BCUT2D eigenvalue weighted by atomic mass is 79.9. The van der Waals surface area contributed by atoms with E-state index in [1.54, 1.807) is 0 Å². The van der Waals surface area contributed by atoms with E-state index >= 15 is 0 Å². The summed E-state index contributed by atoms with van der Waals surface area (Å²) >= 11 is 3.44. The lowest BCUT2D eigenvalue weighted by atomic mass is 10.2. The van der Waals surface area contributed by atoms with Crippen LogP contribution in [0.3, 0.4) is 0 Å². The zero-order valence-electron chi connectivity index (χ0n) is 14.8. The minimum absolute atomic E-state index is 0.529. The van der Waals surface area contributed by atoms with Crippen LogP contribution in [0.15, 0.2) is 34.8 Å². The van der Waals surface area contributed by atoms with E-state index in [0.717, 1.165) is 41.5 Å². The summed E-state index contributed by atoms with van der Waals surface area (Å²) in [6, 6.07) is 9.51. The van der Waals surface area contributed by atoms with E-state index in [-0.39, 0.29) is 0 Å². The second kappa shape index (κ2) is 10.1. The summed E-state index contributed by atoms with van der Waals surface area (Å²) in [5, 5.41) is 3.30. The molecule has 5 nitrogen and oxygen atoms in total. The lowest BCUT2D eigenvalue weighted by molar-refractivity contribution is 0.274. The van der Waals surface area contributed by atoms with Gasteiger partial charge in [-0.2, -0.15) is 4.98 Å². The molecule has 0 aliphatic carbocycles. The van der Waals surface area contributed by atoms with Crippen molar-refractivity contribution >= 4 is 33.0 Å². The fourth-order valence-corrected chi connectivity index (χ4v) is 2.50. The molecule has 0 atom stereocenters. The Hall–Kier alpha value is -1.95. The van der Waals surface area contributed by atoms with E-state index in [2.05, 4.69) is 40.1 Å². The van der Waals surface area contributed by atoms with Crippen molar-refractivity contribution in [1.82, 2.24) is 4.98 Å². The van der Waals surface area contributed by atoms with E-state index in [4.69, 9.17) is 15.2 Å². The van der Waals surface area contributed by atoms with Gasteiger partial charge in [-0.25, -0.2) is 0 Å². The zero-order valence-corrected chi connectivity index (χ0v) is 16.4. The van der Waals surface area contributed by atoms with Crippen LogP contribution in [0.25, 0.3) is 0 Å². The van der Waals surface area contributed by atoms with E-state index in [9.17, 15) is 0 Å². The minimum Gasteiger partial charge on any atom is -0.478 e. The van der Waals surface area contributed by atoms with E-state index in [1.807, 2.05) is 30.3 Å². The Morgan fingerprint density at radius 2 is 1.72 bits per heavy atom. The second-order valence-electron chi connectivity index (χ2n) is 5.73. The molecule has 6 heteroatoms. The first-order chi connectivity index (χ1) is 12.2. The maximum Gasteiger partial charge on any atom is 0.241 e. The van der Waals surface area contributed by atoms with Crippen molar-refractivity contribution in [3.8, 4) is 11.8 Å². The summed E-state index contributed by atoms with van der Waals surface area (Å²) in [5.74, 6) is 1.11. The van der Waals surface area contributed by atoms with Gasteiger partial charge in [0.1, 0.15) is 5.69 Å². The SMILES string of the molecule is CCCCOc1ccc(Nc2cccc(Br)c2N)c(OCCCC)n1. The van der Waals surface area contributed by atoms with Crippen LogP contribution in [0, 0.1) is 0 Å². The van der Waals surface area contributed by atoms with Crippen LogP contribution in [-0.2, 0) is 0 Å². The second-order valence-corrected chi connectivity index (χ2v) is 6.59. The van der Waals surface area contributed by atoms with Gasteiger partial charge in [0.15, 0.2) is 0 Å². The van der Waals surface area contributed by atoms with E-state index in [1.165, 1.54) is 0 Å². The first-order valence-electron chi connectivity index (χ1n) is 8.73. The maximum atomic E-state index is 6.12. The molecule has 136 valence electrons. The van der Waals surface area contributed by atoms with Crippen LogP contribution in [0.2, 0.25) is 0 Å². The number of benzene rings is 1. The number of anilines is 3. The number of hydrogen-bond acceptors (Lipinski definition) is 5. The number of aromatic nitrogens is 1. The number of nitrogens with two attached hydrogens (primary N) is 1. The molecule has 1 aromatic carbocycles. The summed E-state index contributed by atoms with van der Waals surface area (Å²) in [6.45, 7) is 5.53. The largest absolute Gasteiger partial charge is 0.478 e. The Morgan fingerprint density at radius 3 is 2.44 bits per heavy atom. The molecule has 3 N–H and O–H groups in total. The highest BCUT2D eigenvalue weighted by Crippen LogP contribution is 2.33. The Kier molecular flexibility index (Phi) is 7.85. The average Bonchev–Trinajstić information content (AvgIpc) is 2.61. The van der Waals surface area contributed by atoms with Gasteiger partial charge >= 0.3 is 0 Å². The molecule has 0 saturated heterocycles. The van der Waals surface area contributed by atoms with Gasteiger partial charge in [-0.05, 0) is 47.0 Å². The number of hydrogen-bond donors (Lipinski definition) is 2. The number of nitrogen functional groups attached to an aromatic ring is 1. The molecular formula is C19H26BrN3O2. The fourth-order valence-electron chi connectivity index (χ4n) is 2.13. The number of rotatable bonds is 10. The molecule has 0 aliphatic rings. The molecule has 0 bridgehead atoms. The van der Waals surface area contributed by atoms with Gasteiger partial charge in [-0.1, -0.05) is 32.8 Å². The van der Waals surface area contributed by atoms with Crippen LogP contribution >= 0.6 is 15.9 Å². The number of halogens is 1. The van der Waals surface area contributed by atoms with Crippen molar-refractivity contribution in [3.05, 3.63) is 34.8 Å². The normalized spacial score (nSPS) is 10.5. The van der Waals surface area contributed by atoms with Gasteiger partial charge in [0, 0.05) is 10.5 Å². The highest BCUT2D eigenvalue weighted by Gasteiger charge is 2.11. The van der Waals surface area contributed by atoms with Gasteiger partial charge in [-0.3, -0.25) is 0 Å². The summed E-state index contributed by atoms with van der Waals surface area (Å²) in [7, 11) is 0. The molecule has 1 aromatic heterocycles. The van der Waals surface area contributed by atoms with Gasteiger partial charge < -0.3 is 20.5 Å². The number of unbranched alkanes of at least 4 members (excludes halogenated alkanes) is 2.